The van der Waals surface area contributed by atoms with Crippen molar-refractivity contribution in [1.29, 1.82) is 0 Å². The second-order valence-corrected chi connectivity index (χ2v) is 15.8. The topological polar surface area (TPSA) is 161 Å². The number of rotatable bonds is 40. The Balaban J connectivity index is -0.000000154. The van der Waals surface area contributed by atoms with Crippen molar-refractivity contribution in [3.8, 4) is 0 Å². The summed E-state index contributed by atoms with van der Waals surface area (Å²) in [4.78, 5) is 40.4. The van der Waals surface area contributed by atoms with Crippen molar-refractivity contribution in [1.82, 2.24) is 0 Å². The zero-order chi connectivity index (χ0) is 42.6. The van der Waals surface area contributed by atoms with Crippen molar-refractivity contribution in [2.75, 3.05) is 0 Å². The largest absolute Gasteiger partial charge is 2.00 e. The molecule has 0 fully saturated rings. The van der Waals surface area contributed by atoms with E-state index in [-0.39, 0.29) is 62.2 Å². The summed E-state index contributed by atoms with van der Waals surface area (Å²) in [5.41, 5.74) is 0. The van der Waals surface area contributed by atoms with E-state index in [0.717, 1.165) is 51.4 Å². The standard InChI is InChI=1S/4C12H24O2.Cu.Zn/c4*1-2-3-4-5-6-7-8-9-10-11-12(13)14;;/h4*2-11H2,1H3,(H,13,14);;/q;;;;2*+2/p-4. The predicted molar refractivity (Wildman–Crippen MR) is 227 cm³/mol. The number of carboxylic acid groups (broad SMARTS) is 4. The molecule has 0 aliphatic heterocycles. The van der Waals surface area contributed by atoms with E-state index < -0.39 is 23.9 Å². The van der Waals surface area contributed by atoms with E-state index in [1.807, 2.05) is 0 Å². The van der Waals surface area contributed by atoms with Crippen molar-refractivity contribution >= 4 is 23.9 Å². The smallest absolute Gasteiger partial charge is 0.550 e. The summed E-state index contributed by atoms with van der Waals surface area (Å²) in [7, 11) is 0. The third-order valence-electron chi connectivity index (χ3n) is 9.94. The molecule has 0 aromatic rings. The molecule has 0 saturated heterocycles. The Kier molecular flexibility index (Phi) is 77.2. The molecule has 0 N–H and O–H groups in total. The molecule has 1 radical (unpaired) electrons. The molecule has 0 aromatic carbocycles. The average molecular weight is 926 g/mol. The molecule has 0 spiro atoms. The minimum Gasteiger partial charge on any atom is -0.550 e. The summed E-state index contributed by atoms with van der Waals surface area (Å²) in [5.74, 6) is -3.64. The van der Waals surface area contributed by atoms with Crippen LogP contribution in [0.2, 0.25) is 0 Å². The summed E-state index contributed by atoms with van der Waals surface area (Å²) in [5, 5.41) is 40.4. The summed E-state index contributed by atoms with van der Waals surface area (Å²) < 4.78 is 0. The van der Waals surface area contributed by atoms with Gasteiger partial charge in [0.2, 0.25) is 0 Å². The number of carboxylic acids is 4. The zero-order valence-electron chi connectivity index (χ0n) is 38.6. The predicted octanol–water partition coefficient (Wildman–Crippen LogP) is 10.6. The number of carbonyl (C=O) groups excluding carboxylic acids is 4. The van der Waals surface area contributed by atoms with E-state index in [9.17, 15) is 39.6 Å². The second kappa shape index (κ2) is 65.2. The van der Waals surface area contributed by atoms with E-state index >= 15 is 0 Å². The Labute approximate surface area is 382 Å². The van der Waals surface area contributed by atoms with Crippen molar-refractivity contribution in [2.45, 2.75) is 285 Å². The minimum atomic E-state index is -0.909. The van der Waals surface area contributed by atoms with E-state index in [0.29, 0.717) is 0 Å². The monoisotopic (exact) mass is 924 g/mol. The van der Waals surface area contributed by atoms with Gasteiger partial charge in [0.05, 0.1) is 0 Å². The van der Waals surface area contributed by atoms with E-state index in [4.69, 9.17) is 0 Å². The molecular formula is C48H92CuO8Zn. The van der Waals surface area contributed by atoms with Crippen LogP contribution in [0.1, 0.15) is 285 Å². The van der Waals surface area contributed by atoms with Gasteiger partial charge in [0.15, 0.2) is 0 Å². The molecule has 0 bridgehead atoms. The Morgan fingerprint density at radius 2 is 0.345 bits per heavy atom. The van der Waals surface area contributed by atoms with E-state index in [2.05, 4.69) is 27.7 Å². The summed E-state index contributed by atoms with van der Waals surface area (Å²) in [6.45, 7) is 8.89. The van der Waals surface area contributed by atoms with Crippen LogP contribution in [0, 0.1) is 0 Å². The summed E-state index contributed by atoms with van der Waals surface area (Å²) in [6.07, 6.45) is 44.7. The van der Waals surface area contributed by atoms with Crippen molar-refractivity contribution in [3.63, 3.8) is 0 Å². The first-order valence-corrected chi connectivity index (χ1v) is 23.9. The molecule has 0 aliphatic rings. The molecule has 0 atom stereocenters. The molecule has 0 amide bonds. The number of aliphatic carboxylic acids is 4. The molecule has 0 aromatic heterocycles. The van der Waals surface area contributed by atoms with Crippen molar-refractivity contribution < 1.29 is 76.2 Å². The van der Waals surface area contributed by atoms with Gasteiger partial charge in [-0.3, -0.25) is 0 Å². The molecule has 0 heterocycles. The third-order valence-corrected chi connectivity index (χ3v) is 9.94. The van der Waals surface area contributed by atoms with Crippen LogP contribution in [0.25, 0.3) is 0 Å². The van der Waals surface area contributed by atoms with Gasteiger partial charge in [-0.15, -0.1) is 0 Å². The van der Waals surface area contributed by atoms with Crippen molar-refractivity contribution in [2.24, 2.45) is 0 Å². The number of hydrogen-bond acceptors (Lipinski definition) is 8. The minimum absolute atomic E-state index is 0. The van der Waals surface area contributed by atoms with Crippen LogP contribution in [-0.2, 0) is 55.7 Å². The van der Waals surface area contributed by atoms with Gasteiger partial charge in [-0.25, -0.2) is 0 Å². The number of unbranched alkanes of at least 4 members (excludes halogenated alkanes) is 32. The van der Waals surface area contributed by atoms with Gasteiger partial charge in [0.1, 0.15) is 0 Å². The zero-order valence-corrected chi connectivity index (χ0v) is 42.5. The molecule has 0 saturated carbocycles. The van der Waals surface area contributed by atoms with Gasteiger partial charge in [0.25, 0.3) is 0 Å². The first-order chi connectivity index (χ1) is 27.1. The fourth-order valence-electron chi connectivity index (χ4n) is 6.32. The Bertz CT molecular complexity index is 672. The normalized spacial score (nSPS) is 10.0. The van der Waals surface area contributed by atoms with E-state index in [1.54, 1.807) is 0 Å². The van der Waals surface area contributed by atoms with Crippen LogP contribution < -0.4 is 20.4 Å². The maximum Gasteiger partial charge on any atom is 2.00 e. The Hall–Kier alpha value is -0.977. The van der Waals surface area contributed by atoms with Gasteiger partial charge < -0.3 is 39.6 Å². The average Bonchev–Trinajstić information content (AvgIpc) is 3.15. The molecule has 0 unspecified atom stereocenters. The first kappa shape index (κ1) is 68.7. The van der Waals surface area contributed by atoms with Gasteiger partial charge in [-0.1, -0.05) is 233 Å². The van der Waals surface area contributed by atoms with Crippen LogP contribution in [0.3, 0.4) is 0 Å². The molecule has 10 heteroatoms. The van der Waals surface area contributed by atoms with Gasteiger partial charge in [-0.05, 0) is 51.4 Å². The first-order valence-electron chi connectivity index (χ1n) is 23.9. The van der Waals surface area contributed by atoms with Crippen LogP contribution in [-0.4, -0.2) is 23.9 Å². The number of hydrogen-bond donors (Lipinski definition) is 0. The van der Waals surface area contributed by atoms with Gasteiger partial charge in [0, 0.05) is 23.9 Å². The molecule has 345 valence electrons. The van der Waals surface area contributed by atoms with Crippen LogP contribution >= 0.6 is 0 Å². The molecule has 0 rings (SSSR count). The maximum absolute atomic E-state index is 10.1. The fourth-order valence-corrected chi connectivity index (χ4v) is 6.32. The third kappa shape index (κ3) is 86.8. The molecule has 58 heavy (non-hydrogen) atoms. The number of carbonyl (C=O) groups is 4. The SMILES string of the molecule is CCCCCCCCCCCC(=O)[O-].CCCCCCCCCCCC(=O)[O-].CCCCCCCCCCCC(=O)[O-].CCCCCCCCCCCC(=O)[O-].[Cu+2].[Zn+2]. The van der Waals surface area contributed by atoms with Crippen LogP contribution in [0.15, 0.2) is 0 Å². The summed E-state index contributed by atoms with van der Waals surface area (Å²) in [6, 6.07) is 0. The van der Waals surface area contributed by atoms with Crippen LogP contribution in [0.4, 0.5) is 0 Å². The molecular weight excluding hydrogens is 833 g/mol. The fraction of sp³-hybridized carbons (Fsp3) is 0.917. The van der Waals surface area contributed by atoms with Crippen LogP contribution in [0.5, 0.6) is 0 Å². The second-order valence-electron chi connectivity index (χ2n) is 15.8. The van der Waals surface area contributed by atoms with Gasteiger partial charge in [-0.2, -0.15) is 0 Å². The Morgan fingerprint density at radius 1 is 0.241 bits per heavy atom. The van der Waals surface area contributed by atoms with Gasteiger partial charge >= 0.3 is 36.5 Å². The maximum atomic E-state index is 10.1. The summed E-state index contributed by atoms with van der Waals surface area (Å²) >= 11 is 0. The molecule has 8 nitrogen and oxygen atoms in total. The molecule has 0 aliphatic carbocycles. The van der Waals surface area contributed by atoms with Crippen molar-refractivity contribution in [3.05, 3.63) is 0 Å². The Morgan fingerprint density at radius 3 is 0.448 bits per heavy atom. The quantitative estimate of drug-likeness (QED) is 0.0433. The van der Waals surface area contributed by atoms with E-state index in [1.165, 1.54) is 180 Å².